The van der Waals surface area contributed by atoms with Gasteiger partial charge in [0.15, 0.2) is 0 Å². The molecule has 0 saturated heterocycles. The van der Waals surface area contributed by atoms with E-state index in [0.29, 0.717) is 6.42 Å². The average molecular weight is 245 g/mol. The summed E-state index contributed by atoms with van der Waals surface area (Å²) in [5, 5.41) is 0. The first-order valence-corrected chi connectivity index (χ1v) is 5.82. The molecular weight excluding hydrogens is 229 g/mol. The highest BCUT2D eigenvalue weighted by atomic mass is 19.1. The minimum atomic E-state index is -0.244. The van der Waals surface area contributed by atoms with Crippen LogP contribution in [0.1, 0.15) is 22.9 Å². The Labute approximate surface area is 106 Å². The van der Waals surface area contributed by atoms with Crippen LogP contribution >= 0.6 is 0 Å². The number of nitrogens with zero attached hydrogens (tertiary/aromatic N) is 1. The Bertz CT molecular complexity index is 493. The predicted octanol–water partition coefficient (Wildman–Crippen LogP) is 2.28. The van der Waals surface area contributed by atoms with Gasteiger partial charge in [-0.3, -0.25) is 16.3 Å². The van der Waals surface area contributed by atoms with Crippen LogP contribution in [0, 0.1) is 12.7 Å². The van der Waals surface area contributed by atoms with Gasteiger partial charge in [0.2, 0.25) is 0 Å². The van der Waals surface area contributed by atoms with E-state index in [2.05, 4.69) is 10.4 Å². The number of rotatable bonds is 4. The number of pyridine rings is 1. The predicted molar refractivity (Wildman–Crippen MR) is 69.1 cm³/mol. The molecule has 2 rings (SSSR count). The van der Waals surface area contributed by atoms with Gasteiger partial charge in [-0.2, -0.15) is 0 Å². The fourth-order valence-corrected chi connectivity index (χ4v) is 1.97. The third-order valence-corrected chi connectivity index (χ3v) is 2.81. The highest BCUT2D eigenvalue weighted by molar-refractivity contribution is 5.27. The molecular formula is C14H16FN3. The van der Waals surface area contributed by atoms with Crippen molar-refractivity contribution in [1.82, 2.24) is 10.4 Å². The van der Waals surface area contributed by atoms with Gasteiger partial charge in [-0.15, -0.1) is 0 Å². The molecule has 1 heterocycles. The van der Waals surface area contributed by atoms with Gasteiger partial charge in [-0.25, -0.2) is 4.39 Å². The van der Waals surface area contributed by atoms with Crippen LogP contribution < -0.4 is 11.3 Å². The van der Waals surface area contributed by atoms with Gasteiger partial charge in [-0.1, -0.05) is 12.1 Å². The summed E-state index contributed by atoms with van der Waals surface area (Å²) < 4.78 is 13.4. The molecule has 0 saturated carbocycles. The van der Waals surface area contributed by atoms with Crippen molar-refractivity contribution in [3.8, 4) is 0 Å². The molecule has 1 unspecified atom stereocenters. The van der Waals surface area contributed by atoms with Crippen LogP contribution in [0.3, 0.4) is 0 Å². The smallest absolute Gasteiger partial charge is 0.123 e. The number of benzene rings is 1. The number of hydrogen-bond acceptors (Lipinski definition) is 3. The summed E-state index contributed by atoms with van der Waals surface area (Å²) in [7, 11) is 0. The molecule has 2 aromatic rings. The van der Waals surface area contributed by atoms with E-state index in [4.69, 9.17) is 5.84 Å². The fourth-order valence-electron chi connectivity index (χ4n) is 1.97. The van der Waals surface area contributed by atoms with Crippen LogP contribution in [0.25, 0.3) is 0 Å². The van der Waals surface area contributed by atoms with E-state index in [1.807, 2.05) is 31.2 Å². The van der Waals surface area contributed by atoms with Crippen LogP contribution in [0.4, 0.5) is 4.39 Å². The van der Waals surface area contributed by atoms with Crippen LogP contribution in [0.15, 0.2) is 42.6 Å². The topological polar surface area (TPSA) is 50.9 Å². The van der Waals surface area contributed by atoms with Crippen LogP contribution in [-0.4, -0.2) is 4.98 Å². The lowest BCUT2D eigenvalue weighted by atomic mass is 10.0. The molecule has 0 fully saturated rings. The van der Waals surface area contributed by atoms with Crippen molar-refractivity contribution < 1.29 is 4.39 Å². The molecule has 1 aromatic carbocycles. The molecule has 1 aromatic heterocycles. The maximum absolute atomic E-state index is 13.4. The number of aryl methyl sites for hydroxylation is 1. The summed E-state index contributed by atoms with van der Waals surface area (Å²) in [4.78, 5) is 4.25. The molecule has 0 spiro atoms. The highest BCUT2D eigenvalue weighted by Gasteiger charge is 2.12. The second kappa shape index (κ2) is 5.71. The second-order valence-corrected chi connectivity index (χ2v) is 4.31. The normalized spacial score (nSPS) is 12.4. The minimum Gasteiger partial charge on any atom is -0.271 e. The number of halogens is 1. The van der Waals surface area contributed by atoms with Crippen LogP contribution in [-0.2, 0) is 6.42 Å². The zero-order valence-corrected chi connectivity index (χ0v) is 10.2. The number of nitrogens with two attached hydrogens (primary N) is 1. The third kappa shape index (κ3) is 3.12. The Hall–Kier alpha value is -1.78. The maximum atomic E-state index is 13.4. The third-order valence-electron chi connectivity index (χ3n) is 2.81. The molecule has 0 bridgehead atoms. The van der Waals surface area contributed by atoms with Crippen molar-refractivity contribution in [2.24, 2.45) is 5.84 Å². The van der Waals surface area contributed by atoms with Crippen LogP contribution in [0.2, 0.25) is 0 Å². The standard InChI is InChI=1S/C14H16FN3/c1-10-6-11(8-12(15)7-10)14(18-16)9-13-4-2-3-5-17-13/h2-8,14,18H,9,16H2,1H3. The zero-order valence-electron chi connectivity index (χ0n) is 10.2. The van der Waals surface area contributed by atoms with E-state index in [1.165, 1.54) is 12.1 Å². The molecule has 0 aliphatic carbocycles. The Morgan fingerprint density at radius 1 is 1.33 bits per heavy atom. The van der Waals surface area contributed by atoms with E-state index in [0.717, 1.165) is 16.8 Å². The van der Waals surface area contributed by atoms with Crippen molar-refractivity contribution in [1.29, 1.82) is 0 Å². The van der Waals surface area contributed by atoms with E-state index < -0.39 is 0 Å². The molecule has 94 valence electrons. The van der Waals surface area contributed by atoms with Gasteiger partial charge in [0.25, 0.3) is 0 Å². The zero-order chi connectivity index (χ0) is 13.0. The lowest BCUT2D eigenvalue weighted by molar-refractivity contribution is 0.538. The van der Waals surface area contributed by atoms with E-state index in [9.17, 15) is 4.39 Å². The SMILES string of the molecule is Cc1cc(F)cc(C(Cc2ccccn2)NN)c1. The van der Waals surface area contributed by atoms with Crippen molar-refractivity contribution in [3.63, 3.8) is 0 Å². The lowest BCUT2D eigenvalue weighted by Gasteiger charge is -2.16. The maximum Gasteiger partial charge on any atom is 0.123 e. The first-order chi connectivity index (χ1) is 8.69. The molecule has 1 atom stereocenters. The molecule has 3 N–H and O–H groups in total. The van der Waals surface area contributed by atoms with Gasteiger partial charge in [0, 0.05) is 18.3 Å². The van der Waals surface area contributed by atoms with Gasteiger partial charge in [-0.05, 0) is 42.3 Å². The quantitative estimate of drug-likeness (QED) is 0.642. The van der Waals surface area contributed by atoms with Gasteiger partial charge in [0.05, 0.1) is 6.04 Å². The summed E-state index contributed by atoms with van der Waals surface area (Å²) in [6, 6.07) is 10.5. The fraction of sp³-hybridized carbons (Fsp3) is 0.214. The number of hydrogen-bond donors (Lipinski definition) is 2. The van der Waals surface area contributed by atoms with E-state index in [1.54, 1.807) is 6.20 Å². The molecule has 3 nitrogen and oxygen atoms in total. The Morgan fingerprint density at radius 3 is 2.78 bits per heavy atom. The number of hydrazine groups is 1. The molecule has 0 aliphatic heterocycles. The lowest BCUT2D eigenvalue weighted by Crippen LogP contribution is -2.30. The van der Waals surface area contributed by atoms with Gasteiger partial charge >= 0.3 is 0 Å². The van der Waals surface area contributed by atoms with Crippen molar-refractivity contribution >= 4 is 0 Å². The van der Waals surface area contributed by atoms with Crippen molar-refractivity contribution in [2.45, 2.75) is 19.4 Å². The summed E-state index contributed by atoms with van der Waals surface area (Å²) in [6.07, 6.45) is 2.36. The Morgan fingerprint density at radius 2 is 2.17 bits per heavy atom. The average Bonchev–Trinajstić information content (AvgIpc) is 2.36. The van der Waals surface area contributed by atoms with E-state index in [-0.39, 0.29) is 11.9 Å². The first-order valence-electron chi connectivity index (χ1n) is 5.82. The van der Waals surface area contributed by atoms with Gasteiger partial charge in [0.1, 0.15) is 5.82 Å². The monoisotopic (exact) mass is 245 g/mol. The molecule has 0 amide bonds. The van der Waals surface area contributed by atoms with E-state index >= 15 is 0 Å². The summed E-state index contributed by atoms with van der Waals surface area (Å²) in [5.41, 5.74) is 5.35. The first kappa shape index (κ1) is 12.7. The minimum absolute atomic E-state index is 0.144. The van der Waals surface area contributed by atoms with Crippen molar-refractivity contribution in [2.75, 3.05) is 0 Å². The summed E-state index contributed by atoms with van der Waals surface area (Å²) in [6.45, 7) is 1.86. The largest absolute Gasteiger partial charge is 0.271 e. The van der Waals surface area contributed by atoms with Crippen molar-refractivity contribution in [3.05, 3.63) is 65.2 Å². The summed E-state index contributed by atoms with van der Waals surface area (Å²) in [5.74, 6) is 5.31. The summed E-state index contributed by atoms with van der Waals surface area (Å²) >= 11 is 0. The highest BCUT2D eigenvalue weighted by Crippen LogP contribution is 2.19. The Balaban J connectivity index is 2.23. The molecule has 18 heavy (non-hydrogen) atoms. The molecule has 0 aliphatic rings. The second-order valence-electron chi connectivity index (χ2n) is 4.31. The number of aromatic nitrogens is 1. The number of nitrogens with one attached hydrogen (secondary N) is 1. The molecule has 4 heteroatoms. The van der Waals surface area contributed by atoms with Crippen LogP contribution in [0.5, 0.6) is 0 Å². The van der Waals surface area contributed by atoms with Gasteiger partial charge < -0.3 is 0 Å². The Kier molecular flexibility index (Phi) is 4.02. The molecule has 0 radical (unpaired) electrons.